The summed E-state index contributed by atoms with van der Waals surface area (Å²) in [6.07, 6.45) is 2.64. The molecular weight excluding hydrogens is 240 g/mol. The van der Waals surface area contributed by atoms with E-state index in [1.807, 2.05) is 6.92 Å². The number of halogens is 1. The SMILES string of the molecule is C[C](CO)c1cc(C2CC2)ccc1Br. The number of hydrogen-bond acceptors (Lipinski definition) is 1. The number of benzene rings is 1. The van der Waals surface area contributed by atoms with E-state index in [2.05, 4.69) is 34.1 Å². The molecule has 75 valence electrons. The van der Waals surface area contributed by atoms with Crippen LogP contribution in [0.2, 0.25) is 0 Å². The minimum Gasteiger partial charge on any atom is -0.395 e. The van der Waals surface area contributed by atoms with Crippen LogP contribution in [0.1, 0.15) is 36.8 Å². The molecular formula is C12H14BrO. The average Bonchev–Trinajstić information content (AvgIpc) is 3.01. The topological polar surface area (TPSA) is 20.2 Å². The first-order valence-corrected chi connectivity index (χ1v) is 5.74. The number of hydrogen-bond donors (Lipinski definition) is 1. The molecule has 2 rings (SSSR count). The Kier molecular flexibility index (Phi) is 2.93. The van der Waals surface area contributed by atoms with Gasteiger partial charge in [-0.15, -0.1) is 0 Å². The summed E-state index contributed by atoms with van der Waals surface area (Å²) in [5.41, 5.74) is 2.56. The maximum absolute atomic E-state index is 9.10. The average molecular weight is 254 g/mol. The Morgan fingerprint density at radius 1 is 1.50 bits per heavy atom. The second-order valence-corrected chi connectivity index (χ2v) is 4.81. The van der Waals surface area contributed by atoms with E-state index in [1.54, 1.807) is 0 Å². The molecule has 0 saturated heterocycles. The lowest BCUT2D eigenvalue weighted by Gasteiger charge is -2.11. The first-order chi connectivity index (χ1) is 6.72. The zero-order valence-electron chi connectivity index (χ0n) is 8.26. The highest BCUT2D eigenvalue weighted by Crippen LogP contribution is 2.41. The Bertz CT molecular complexity index is 331. The molecule has 1 aromatic carbocycles. The zero-order chi connectivity index (χ0) is 10.1. The van der Waals surface area contributed by atoms with Gasteiger partial charge in [0.05, 0.1) is 6.61 Å². The van der Waals surface area contributed by atoms with Crippen LogP contribution in [-0.4, -0.2) is 11.7 Å². The highest BCUT2D eigenvalue weighted by atomic mass is 79.9. The molecule has 1 N–H and O–H groups in total. The molecule has 0 heterocycles. The minimum atomic E-state index is 0.132. The van der Waals surface area contributed by atoms with Crippen molar-refractivity contribution in [2.24, 2.45) is 0 Å². The zero-order valence-corrected chi connectivity index (χ0v) is 9.84. The highest BCUT2D eigenvalue weighted by molar-refractivity contribution is 9.10. The molecule has 1 saturated carbocycles. The molecule has 1 fully saturated rings. The van der Waals surface area contributed by atoms with Gasteiger partial charge in [0.15, 0.2) is 0 Å². The van der Waals surface area contributed by atoms with E-state index in [1.165, 1.54) is 18.4 Å². The van der Waals surface area contributed by atoms with Crippen molar-refractivity contribution in [2.45, 2.75) is 25.7 Å². The van der Waals surface area contributed by atoms with Gasteiger partial charge in [-0.3, -0.25) is 0 Å². The minimum absolute atomic E-state index is 0.132. The van der Waals surface area contributed by atoms with Gasteiger partial charge in [-0.05, 0) is 36.0 Å². The predicted molar refractivity (Wildman–Crippen MR) is 61.2 cm³/mol. The largest absolute Gasteiger partial charge is 0.395 e. The number of aliphatic hydroxyl groups excluding tert-OH is 1. The van der Waals surface area contributed by atoms with Gasteiger partial charge in [-0.25, -0.2) is 0 Å². The molecule has 14 heavy (non-hydrogen) atoms. The molecule has 0 aromatic heterocycles. The second-order valence-electron chi connectivity index (χ2n) is 3.95. The fourth-order valence-electron chi connectivity index (χ4n) is 1.63. The summed E-state index contributed by atoms with van der Waals surface area (Å²) in [7, 11) is 0. The molecule has 1 aromatic rings. The first kappa shape index (κ1) is 10.2. The molecule has 2 heteroatoms. The van der Waals surface area contributed by atoms with Crippen LogP contribution < -0.4 is 0 Å². The second kappa shape index (κ2) is 4.03. The lowest BCUT2D eigenvalue weighted by atomic mass is 9.98. The van der Waals surface area contributed by atoms with Crippen LogP contribution in [-0.2, 0) is 0 Å². The van der Waals surface area contributed by atoms with Crippen LogP contribution in [0.15, 0.2) is 22.7 Å². The summed E-state index contributed by atoms with van der Waals surface area (Å²) in [4.78, 5) is 0. The standard InChI is InChI=1S/C12H14BrO/c1-8(7-14)11-6-10(9-2-3-9)4-5-12(11)13/h4-6,9,14H,2-3,7H2,1H3. The summed E-state index contributed by atoms with van der Waals surface area (Å²) < 4.78 is 1.08. The van der Waals surface area contributed by atoms with Crippen LogP contribution in [0.4, 0.5) is 0 Å². The summed E-state index contributed by atoms with van der Waals surface area (Å²) in [5.74, 6) is 1.80. The molecule has 0 spiro atoms. The third-order valence-electron chi connectivity index (χ3n) is 2.74. The third kappa shape index (κ3) is 2.01. The van der Waals surface area contributed by atoms with E-state index in [4.69, 9.17) is 5.11 Å². The number of aliphatic hydroxyl groups is 1. The van der Waals surface area contributed by atoms with E-state index in [9.17, 15) is 0 Å². The van der Waals surface area contributed by atoms with E-state index in [0.29, 0.717) is 0 Å². The summed E-state index contributed by atoms with van der Waals surface area (Å²) in [6.45, 7) is 2.10. The first-order valence-electron chi connectivity index (χ1n) is 4.95. The molecule has 1 radical (unpaired) electrons. The Morgan fingerprint density at radius 2 is 2.21 bits per heavy atom. The van der Waals surface area contributed by atoms with Gasteiger partial charge in [0.2, 0.25) is 0 Å². The quantitative estimate of drug-likeness (QED) is 0.877. The van der Waals surface area contributed by atoms with Crippen molar-refractivity contribution in [3.05, 3.63) is 39.7 Å². The Labute approximate surface area is 93.3 Å². The van der Waals surface area contributed by atoms with Crippen LogP contribution in [0, 0.1) is 5.92 Å². The summed E-state index contributed by atoms with van der Waals surface area (Å²) >= 11 is 3.51. The van der Waals surface area contributed by atoms with Crippen LogP contribution in [0.25, 0.3) is 0 Å². The molecule has 0 atom stereocenters. The van der Waals surface area contributed by atoms with Gasteiger partial charge in [-0.2, -0.15) is 0 Å². The maximum Gasteiger partial charge on any atom is 0.0535 e. The van der Waals surface area contributed by atoms with Gasteiger partial charge < -0.3 is 5.11 Å². The fraction of sp³-hybridized carbons (Fsp3) is 0.417. The van der Waals surface area contributed by atoms with E-state index in [0.717, 1.165) is 21.9 Å². The molecule has 0 aliphatic heterocycles. The number of rotatable bonds is 3. The molecule has 0 amide bonds. The van der Waals surface area contributed by atoms with Crippen molar-refractivity contribution in [3.8, 4) is 0 Å². The fourth-order valence-corrected chi connectivity index (χ4v) is 2.21. The maximum atomic E-state index is 9.10. The molecule has 0 bridgehead atoms. The van der Waals surface area contributed by atoms with Gasteiger partial charge in [0.25, 0.3) is 0 Å². The normalized spacial score (nSPS) is 16.3. The Hall–Kier alpha value is -0.340. The van der Waals surface area contributed by atoms with Crippen molar-refractivity contribution >= 4 is 15.9 Å². The van der Waals surface area contributed by atoms with Gasteiger partial charge in [0.1, 0.15) is 0 Å². The van der Waals surface area contributed by atoms with Crippen LogP contribution in [0.3, 0.4) is 0 Å². The van der Waals surface area contributed by atoms with Crippen molar-refractivity contribution in [1.82, 2.24) is 0 Å². The van der Waals surface area contributed by atoms with E-state index < -0.39 is 0 Å². The van der Waals surface area contributed by atoms with Crippen molar-refractivity contribution in [3.63, 3.8) is 0 Å². The monoisotopic (exact) mass is 253 g/mol. The lowest BCUT2D eigenvalue weighted by Crippen LogP contribution is -2.01. The lowest BCUT2D eigenvalue weighted by molar-refractivity contribution is 0.314. The molecule has 1 nitrogen and oxygen atoms in total. The van der Waals surface area contributed by atoms with Gasteiger partial charge >= 0.3 is 0 Å². The predicted octanol–water partition coefficient (Wildman–Crippen LogP) is 3.26. The Balaban J connectivity index is 2.31. The Morgan fingerprint density at radius 3 is 2.79 bits per heavy atom. The van der Waals surface area contributed by atoms with E-state index >= 15 is 0 Å². The molecule has 0 unspecified atom stereocenters. The third-order valence-corrected chi connectivity index (χ3v) is 3.43. The van der Waals surface area contributed by atoms with Crippen LogP contribution in [0.5, 0.6) is 0 Å². The smallest absolute Gasteiger partial charge is 0.0535 e. The van der Waals surface area contributed by atoms with Crippen molar-refractivity contribution < 1.29 is 5.11 Å². The highest BCUT2D eigenvalue weighted by Gasteiger charge is 2.24. The van der Waals surface area contributed by atoms with E-state index in [-0.39, 0.29) is 6.61 Å². The molecule has 1 aliphatic carbocycles. The summed E-state index contributed by atoms with van der Waals surface area (Å²) in [5, 5.41) is 9.10. The van der Waals surface area contributed by atoms with Gasteiger partial charge in [-0.1, -0.05) is 35.0 Å². The van der Waals surface area contributed by atoms with Crippen molar-refractivity contribution in [2.75, 3.05) is 6.61 Å². The van der Waals surface area contributed by atoms with Gasteiger partial charge in [0, 0.05) is 10.4 Å². The summed E-state index contributed by atoms with van der Waals surface area (Å²) in [6, 6.07) is 6.46. The van der Waals surface area contributed by atoms with Crippen LogP contribution >= 0.6 is 15.9 Å². The van der Waals surface area contributed by atoms with Crippen molar-refractivity contribution in [1.29, 1.82) is 0 Å². The molecule has 1 aliphatic rings.